The Morgan fingerprint density at radius 1 is 1.13 bits per heavy atom. The summed E-state index contributed by atoms with van der Waals surface area (Å²) in [6.07, 6.45) is 8.59. The lowest BCUT2D eigenvalue weighted by molar-refractivity contribution is 0.0987. The van der Waals surface area contributed by atoms with E-state index in [0.717, 1.165) is 48.1 Å². The van der Waals surface area contributed by atoms with Gasteiger partial charge in [0.25, 0.3) is 0 Å². The molecule has 0 unspecified atom stereocenters. The van der Waals surface area contributed by atoms with Crippen LogP contribution in [0.3, 0.4) is 0 Å². The van der Waals surface area contributed by atoms with Gasteiger partial charge < -0.3 is 15.5 Å². The average molecular weight is 414 g/mol. The summed E-state index contributed by atoms with van der Waals surface area (Å²) in [6, 6.07) is 7.52. The molecule has 1 aliphatic heterocycles. The smallest absolute Gasteiger partial charge is 0.197 e. The molecule has 1 aliphatic rings. The van der Waals surface area contributed by atoms with E-state index in [-0.39, 0.29) is 18.1 Å². The van der Waals surface area contributed by atoms with Crippen molar-refractivity contribution < 1.29 is 9.21 Å². The largest absolute Gasteiger partial charge is 0.448 e. The van der Waals surface area contributed by atoms with Crippen molar-refractivity contribution in [1.82, 2.24) is 25.3 Å². The fraction of sp³-hybridized carbons (Fsp3) is 0.261. The summed E-state index contributed by atoms with van der Waals surface area (Å²) in [7, 11) is 0. The first kappa shape index (κ1) is 19.3. The van der Waals surface area contributed by atoms with E-state index in [0.29, 0.717) is 23.0 Å². The Hall–Kier alpha value is -3.65. The second-order valence-corrected chi connectivity index (χ2v) is 7.77. The zero-order valence-electron chi connectivity index (χ0n) is 16.9. The minimum atomic E-state index is -0.119. The second-order valence-electron chi connectivity index (χ2n) is 7.77. The molecule has 0 radical (unpaired) electrons. The highest BCUT2D eigenvalue weighted by atomic mass is 16.3. The van der Waals surface area contributed by atoms with Crippen LogP contribution in [-0.2, 0) is 6.42 Å². The molecule has 5 heterocycles. The van der Waals surface area contributed by atoms with Crippen LogP contribution in [-0.4, -0.2) is 38.8 Å². The Morgan fingerprint density at radius 3 is 2.84 bits per heavy atom. The van der Waals surface area contributed by atoms with E-state index in [4.69, 9.17) is 15.1 Å². The second kappa shape index (κ2) is 8.23. The van der Waals surface area contributed by atoms with Crippen LogP contribution in [0.15, 0.2) is 53.5 Å². The van der Waals surface area contributed by atoms with Gasteiger partial charge in [0, 0.05) is 35.5 Å². The molecule has 8 heteroatoms. The number of nitrogens with one attached hydrogen (secondary N) is 1. The van der Waals surface area contributed by atoms with Crippen molar-refractivity contribution in [1.29, 1.82) is 0 Å². The number of rotatable bonds is 5. The monoisotopic (exact) mass is 414 g/mol. The third-order valence-electron chi connectivity index (χ3n) is 5.52. The van der Waals surface area contributed by atoms with E-state index >= 15 is 0 Å². The summed E-state index contributed by atoms with van der Waals surface area (Å²) >= 11 is 0. The standard InChI is InChI=1S/C23H22N6O2/c24-17-7-16(10-26-12-17)19-2-1-15-11-27-18(8-20(15)28-19)9-22(30)21-13-31-23(29-21)14-3-5-25-6-4-14/h1-2,7-8,10-14,25H,3-6,9,24H2. The van der Waals surface area contributed by atoms with Gasteiger partial charge >= 0.3 is 0 Å². The average Bonchev–Trinajstić information content (AvgIpc) is 3.30. The molecule has 0 spiro atoms. The zero-order valence-corrected chi connectivity index (χ0v) is 16.9. The molecule has 0 saturated carbocycles. The van der Waals surface area contributed by atoms with E-state index in [1.165, 1.54) is 6.26 Å². The molecule has 0 atom stereocenters. The molecule has 3 N–H and O–H groups in total. The minimum absolute atomic E-state index is 0.119. The van der Waals surface area contributed by atoms with Gasteiger partial charge in [-0.25, -0.2) is 9.97 Å². The van der Waals surface area contributed by atoms with Crippen LogP contribution in [0.25, 0.3) is 22.2 Å². The third-order valence-corrected chi connectivity index (χ3v) is 5.52. The topological polar surface area (TPSA) is 120 Å². The lowest BCUT2D eigenvalue weighted by Gasteiger charge is -2.19. The van der Waals surface area contributed by atoms with E-state index in [1.54, 1.807) is 18.6 Å². The number of aromatic nitrogens is 4. The van der Waals surface area contributed by atoms with E-state index in [2.05, 4.69) is 20.3 Å². The van der Waals surface area contributed by atoms with Crippen LogP contribution in [0, 0.1) is 0 Å². The number of fused-ring (bicyclic) bond motifs is 1. The van der Waals surface area contributed by atoms with Crippen LogP contribution >= 0.6 is 0 Å². The highest BCUT2D eigenvalue weighted by Gasteiger charge is 2.22. The maximum atomic E-state index is 12.8. The van der Waals surface area contributed by atoms with Gasteiger partial charge in [-0.05, 0) is 50.2 Å². The predicted molar refractivity (Wildman–Crippen MR) is 117 cm³/mol. The SMILES string of the molecule is Nc1cncc(-c2ccc3cnc(CC(=O)c4coc(C5CCNCC5)n4)cc3n2)c1. The summed E-state index contributed by atoms with van der Waals surface area (Å²) in [5.41, 5.74) is 9.76. The van der Waals surface area contributed by atoms with Crippen molar-refractivity contribution in [2.24, 2.45) is 0 Å². The number of piperidine rings is 1. The zero-order chi connectivity index (χ0) is 21.2. The first-order chi connectivity index (χ1) is 15.2. The number of carbonyl (C=O) groups is 1. The molecule has 8 nitrogen and oxygen atoms in total. The lowest BCUT2D eigenvalue weighted by Crippen LogP contribution is -2.26. The van der Waals surface area contributed by atoms with E-state index in [9.17, 15) is 4.79 Å². The van der Waals surface area contributed by atoms with Crippen molar-refractivity contribution in [3.63, 3.8) is 0 Å². The van der Waals surface area contributed by atoms with Crippen molar-refractivity contribution >= 4 is 22.4 Å². The van der Waals surface area contributed by atoms with Gasteiger partial charge in [0.1, 0.15) is 12.0 Å². The maximum absolute atomic E-state index is 12.8. The third kappa shape index (κ3) is 4.15. The van der Waals surface area contributed by atoms with Crippen LogP contribution in [0.4, 0.5) is 5.69 Å². The Morgan fingerprint density at radius 2 is 2.00 bits per heavy atom. The number of ketones is 1. The first-order valence-electron chi connectivity index (χ1n) is 10.3. The van der Waals surface area contributed by atoms with Crippen LogP contribution < -0.4 is 11.1 Å². The van der Waals surface area contributed by atoms with Gasteiger partial charge in [0.15, 0.2) is 11.7 Å². The van der Waals surface area contributed by atoms with Crippen LogP contribution in [0.2, 0.25) is 0 Å². The lowest BCUT2D eigenvalue weighted by atomic mass is 9.98. The van der Waals surface area contributed by atoms with Crippen molar-refractivity contribution in [3.8, 4) is 11.3 Å². The summed E-state index contributed by atoms with van der Waals surface area (Å²) in [4.78, 5) is 30.5. The van der Waals surface area contributed by atoms with Crippen LogP contribution in [0.1, 0.15) is 40.8 Å². The predicted octanol–water partition coefficient (Wildman–Crippen LogP) is 3.15. The van der Waals surface area contributed by atoms with Gasteiger partial charge in [0.05, 0.1) is 29.0 Å². The summed E-state index contributed by atoms with van der Waals surface area (Å²) < 4.78 is 5.60. The molecule has 31 heavy (non-hydrogen) atoms. The molecule has 0 amide bonds. The number of nitrogen functional groups attached to an aromatic ring is 1. The number of nitrogens with two attached hydrogens (primary N) is 1. The number of nitrogens with zero attached hydrogens (tertiary/aromatic N) is 4. The molecule has 0 aliphatic carbocycles. The summed E-state index contributed by atoms with van der Waals surface area (Å²) in [5, 5.41) is 4.21. The number of anilines is 1. The molecule has 5 rings (SSSR count). The molecule has 1 fully saturated rings. The molecule has 0 aromatic carbocycles. The minimum Gasteiger partial charge on any atom is -0.448 e. The number of hydrogen-bond donors (Lipinski definition) is 2. The summed E-state index contributed by atoms with van der Waals surface area (Å²) in [5.74, 6) is 0.802. The Bertz CT molecular complexity index is 1250. The number of carbonyl (C=O) groups excluding carboxylic acids is 1. The van der Waals surface area contributed by atoms with Gasteiger partial charge in [-0.2, -0.15) is 0 Å². The van der Waals surface area contributed by atoms with Crippen molar-refractivity contribution in [3.05, 3.63) is 66.4 Å². The fourth-order valence-electron chi connectivity index (χ4n) is 3.84. The Kier molecular flexibility index (Phi) is 5.13. The highest BCUT2D eigenvalue weighted by Crippen LogP contribution is 2.25. The van der Waals surface area contributed by atoms with Crippen molar-refractivity contribution in [2.45, 2.75) is 25.2 Å². The van der Waals surface area contributed by atoms with Crippen LogP contribution in [0.5, 0.6) is 0 Å². The number of oxazole rings is 1. The molecule has 4 aromatic rings. The number of Topliss-reactive ketones (excluding diaryl/α,β-unsaturated/α-hetero) is 1. The molecule has 4 aromatic heterocycles. The molecule has 156 valence electrons. The summed E-state index contributed by atoms with van der Waals surface area (Å²) in [6.45, 7) is 1.88. The normalized spacial score (nSPS) is 14.7. The van der Waals surface area contributed by atoms with E-state index < -0.39 is 0 Å². The van der Waals surface area contributed by atoms with Gasteiger partial charge in [0.2, 0.25) is 0 Å². The van der Waals surface area contributed by atoms with E-state index in [1.807, 2.05) is 24.3 Å². The Balaban J connectivity index is 1.36. The van der Waals surface area contributed by atoms with Crippen molar-refractivity contribution in [2.75, 3.05) is 18.8 Å². The molecular weight excluding hydrogens is 392 g/mol. The maximum Gasteiger partial charge on any atom is 0.197 e. The quantitative estimate of drug-likeness (QED) is 0.478. The van der Waals surface area contributed by atoms with Gasteiger partial charge in [-0.3, -0.25) is 14.8 Å². The Labute approximate surface area is 179 Å². The number of hydrogen-bond acceptors (Lipinski definition) is 8. The van der Waals surface area contributed by atoms with Gasteiger partial charge in [-0.1, -0.05) is 0 Å². The van der Waals surface area contributed by atoms with Gasteiger partial charge in [-0.15, -0.1) is 0 Å². The number of pyridine rings is 3. The molecule has 0 bridgehead atoms. The first-order valence-corrected chi connectivity index (χ1v) is 10.3. The highest BCUT2D eigenvalue weighted by molar-refractivity contribution is 5.95. The fourth-order valence-corrected chi connectivity index (χ4v) is 3.84. The molecule has 1 saturated heterocycles. The molecular formula is C23H22N6O2.